The molecule has 0 saturated carbocycles. The number of para-hydroxylation sites is 1. The van der Waals surface area contributed by atoms with E-state index in [4.69, 9.17) is 5.73 Å². The molecule has 74 valence electrons. The molecule has 0 saturated heterocycles. The van der Waals surface area contributed by atoms with Gasteiger partial charge in [-0.15, -0.1) is 24.8 Å². The minimum absolute atomic E-state index is 0. The molecule has 0 unspecified atom stereocenters. The van der Waals surface area contributed by atoms with E-state index in [0.29, 0.717) is 0 Å². The Morgan fingerprint density at radius 3 is 2.69 bits per heavy atom. The summed E-state index contributed by atoms with van der Waals surface area (Å²) >= 11 is 0. The van der Waals surface area contributed by atoms with Crippen LogP contribution in [0.1, 0.15) is 12.0 Å². The zero-order valence-electron chi connectivity index (χ0n) is 7.25. The van der Waals surface area contributed by atoms with Crippen molar-refractivity contribution in [3.63, 3.8) is 0 Å². The van der Waals surface area contributed by atoms with E-state index in [1.54, 1.807) is 0 Å². The Hall–Kier alpha value is -0.600. The van der Waals surface area contributed by atoms with Gasteiger partial charge in [-0.3, -0.25) is 0 Å². The summed E-state index contributed by atoms with van der Waals surface area (Å²) in [6, 6.07) is 6.09. The Morgan fingerprint density at radius 2 is 2.00 bits per heavy atom. The van der Waals surface area contributed by atoms with Crippen LogP contribution in [-0.4, -0.2) is 6.54 Å². The van der Waals surface area contributed by atoms with Crippen molar-refractivity contribution in [3.8, 4) is 0 Å². The number of aryl methyl sites for hydroxylation is 1. The largest absolute Gasteiger partial charge is 0.397 e. The Bertz CT molecular complexity index is 276. The number of nitrogens with two attached hydrogens (primary N) is 1. The highest BCUT2D eigenvalue weighted by Crippen LogP contribution is 2.27. The first-order valence-electron chi connectivity index (χ1n) is 3.99. The van der Waals surface area contributed by atoms with Gasteiger partial charge in [0.2, 0.25) is 0 Å². The lowest BCUT2D eigenvalue weighted by molar-refractivity contribution is 0.831. The van der Waals surface area contributed by atoms with Crippen molar-refractivity contribution in [2.45, 2.75) is 12.8 Å². The molecule has 0 fully saturated rings. The molecule has 0 atom stereocenters. The summed E-state index contributed by atoms with van der Waals surface area (Å²) in [6.07, 6.45) is 2.38. The van der Waals surface area contributed by atoms with Crippen molar-refractivity contribution >= 4 is 36.2 Å². The lowest BCUT2D eigenvalue weighted by atomic mass is 10.0. The fraction of sp³-hybridized carbons (Fsp3) is 0.333. The van der Waals surface area contributed by atoms with Crippen LogP contribution < -0.4 is 11.1 Å². The van der Waals surface area contributed by atoms with Gasteiger partial charge in [-0.25, -0.2) is 0 Å². The third-order valence-corrected chi connectivity index (χ3v) is 2.11. The monoisotopic (exact) mass is 220 g/mol. The van der Waals surface area contributed by atoms with Crippen molar-refractivity contribution in [1.29, 1.82) is 0 Å². The SMILES string of the molecule is Cl.Cl.Nc1cccc2c1NCCC2. The third-order valence-electron chi connectivity index (χ3n) is 2.11. The normalized spacial score (nSPS) is 12.9. The molecule has 1 aromatic rings. The molecule has 0 radical (unpaired) electrons. The minimum atomic E-state index is 0. The Morgan fingerprint density at radius 1 is 1.23 bits per heavy atom. The Labute approximate surface area is 90.7 Å². The molecule has 1 aromatic carbocycles. The van der Waals surface area contributed by atoms with E-state index in [9.17, 15) is 0 Å². The zero-order valence-corrected chi connectivity index (χ0v) is 8.88. The molecule has 2 nitrogen and oxygen atoms in total. The maximum Gasteiger partial charge on any atom is 0.0606 e. The van der Waals surface area contributed by atoms with Crippen LogP contribution >= 0.6 is 24.8 Å². The third kappa shape index (κ3) is 2.42. The van der Waals surface area contributed by atoms with E-state index in [0.717, 1.165) is 24.3 Å². The number of nitrogens with one attached hydrogen (secondary N) is 1. The molecule has 0 bridgehead atoms. The summed E-state index contributed by atoms with van der Waals surface area (Å²) in [5, 5.41) is 3.31. The number of nitrogen functional groups attached to an aromatic ring is 1. The molecule has 1 aliphatic heterocycles. The minimum Gasteiger partial charge on any atom is -0.397 e. The first-order chi connectivity index (χ1) is 5.38. The molecular weight excluding hydrogens is 207 g/mol. The zero-order chi connectivity index (χ0) is 7.68. The average Bonchev–Trinajstić information content (AvgIpc) is 2.06. The number of hydrogen-bond acceptors (Lipinski definition) is 2. The van der Waals surface area contributed by atoms with E-state index in [1.807, 2.05) is 12.1 Å². The van der Waals surface area contributed by atoms with Crippen molar-refractivity contribution in [2.75, 3.05) is 17.6 Å². The van der Waals surface area contributed by atoms with E-state index < -0.39 is 0 Å². The maximum atomic E-state index is 5.78. The molecule has 4 heteroatoms. The Kier molecular flexibility index (Phi) is 4.96. The van der Waals surface area contributed by atoms with Gasteiger partial charge in [-0.1, -0.05) is 12.1 Å². The van der Waals surface area contributed by atoms with Crippen LogP contribution in [0.25, 0.3) is 0 Å². The van der Waals surface area contributed by atoms with Crippen LogP contribution in [0.5, 0.6) is 0 Å². The van der Waals surface area contributed by atoms with Gasteiger partial charge in [0.15, 0.2) is 0 Å². The second kappa shape index (κ2) is 5.20. The van der Waals surface area contributed by atoms with Gasteiger partial charge in [0.05, 0.1) is 11.4 Å². The molecule has 2 rings (SSSR count). The van der Waals surface area contributed by atoms with Crippen molar-refractivity contribution in [2.24, 2.45) is 0 Å². The van der Waals surface area contributed by atoms with Crippen molar-refractivity contribution < 1.29 is 0 Å². The fourth-order valence-electron chi connectivity index (χ4n) is 1.54. The molecule has 1 heterocycles. The number of hydrogen-bond donors (Lipinski definition) is 2. The van der Waals surface area contributed by atoms with E-state index in [-0.39, 0.29) is 24.8 Å². The molecule has 13 heavy (non-hydrogen) atoms. The van der Waals surface area contributed by atoms with Crippen molar-refractivity contribution in [1.82, 2.24) is 0 Å². The van der Waals surface area contributed by atoms with Crippen LogP contribution in [0.3, 0.4) is 0 Å². The highest BCUT2D eigenvalue weighted by atomic mass is 35.5. The summed E-state index contributed by atoms with van der Waals surface area (Å²) in [5.41, 5.74) is 9.17. The van der Waals surface area contributed by atoms with E-state index >= 15 is 0 Å². The molecule has 0 amide bonds. The standard InChI is InChI=1S/C9H12N2.2ClH/c10-8-5-1-3-7-4-2-6-11-9(7)8;;/h1,3,5,11H,2,4,6,10H2;2*1H. The second-order valence-electron chi connectivity index (χ2n) is 2.91. The summed E-state index contributed by atoms with van der Waals surface area (Å²) in [6.45, 7) is 1.06. The lowest BCUT2D eigenvalue weighted by Gasteiger charge is -2.19. The predicted molar refractivity (Wildman–Crippen MR) is 62.2 cm³/mol. The summed E-state index contributed by atoms with van der Waals surface area (Å²) in [4.78, 5) is 0. The molecular formula is C9H14Cl2N2. The van der Waals surface area contributed by atoms with Gasteiger partial charge in [-0.05, 0) is 24.5 Å². The molecule has 0 aromatic heterocycles. The number of rotatable bonds is 0. The number of fused-ring (bicyclic) bond motifs is 1. The van der Waals surface area contributed by atoms with Crippen LogP contribution in [0.15, 0.2) is 18.2 Å². The Balaban J connectivity index is 0.000000720. The number of benzene rings is 1. The second-order valence-corrected chi connectivity index (χ2v) is 2.91. The van der Waals surface area contributed by atoms with Crippen LogP contribution in [0.4, 0.5) is 11.4 Å². The van der Waals surface area contributed by atoms with Gasteiger partial charge in [0.25, 0.3) is 0 Å². The summed E-state index contributed by atoms with van der Waals surface area (Å²) < 4.78 is 0. The lowest BCUT2D eigenvalue weighted by Crippen LogP contribution is -2.13. The topological polar surface area (TPSA) is 38.0 Å². The summed E-state index contributed by atoms with van der Waals surface area (Å²) in [5.74, 6) is 0. The number of halogens is 2. The van der Waals surface area contributed by atoms with Crippen LogP contribution in [-0.2, 0) is 6.42 Å². The van der Waals surface area contributed by atoms with Gasteiger partial charge in [-0.2, -0.15) is 0 Å². The highest BCUT2D eigenvalue weighted by Gasteiger charge is 2.09. The van der Waals surface area contributed by atoms with Gasteiger partial charge < -0.3 is 11.1 Å². The van der Waals surface area contributed by atoms with Gasteiger partial charge >= 0.3 is 0 Å². The predicted octanol–water partition coefficient (Wildman–Crippen LogP) is 2.47. The first kappa shape index (κ1) is 12.4. The molecule has 1 aliphatic rings. The van der Waals surface area contributed by atoms with Crippen LogP contribution in [0, 0.1) is 0 Å². The van der Waals surface area contributed by atoms with Gasteiger partial charge in [0, 0.05) is 6.54 Å². The van der Waals surface area contributed by atoms with Gasteiger partial charge in [0.1, 0.15) is 0 Å². The smallest absolute Gasteiger partial charge is 0.0606 e. The fourth-order valence-corrected chi connectivity index (χ4v) is 1.54. The molecule has 0 spiro atoms. The van der Waals surface area contributed by atoms with E-state index in [1.165, 1.54) is 12.0 Å². The summed E-state index contributed by atoms with van der Waals surface area (Å²) in [7, 11) is 0. The first-order valence-corrected chi connectivity index (χ1v) is 3.99. The average molecular weight is 221 g/mol. The maximum absolute atomic E-state index is 5.78. The quantitative estimate of drug-likeness (QED) is 0.660. The highest BCUT2D eigenvalue weighted by molar-refractivity contribution is 5.85. The molecule has 0 aliphatic carbocycles. The van der Waals surface area contributed by atoms with E-state index in [2.05, 4.69) is 11.4 Å². The van der Waals surface area contributed by atoms with Crippen molar-refractivity contribution in [3.05, 3.63) is 23.8 Å². The number of anilines is 2. The van der Waals surface area contributed by atoms with Crippen LogP contribution in [0.2, 0.25) is 0 Å². The molecule has 3 N–H and O–H groups in total.